The van der Waals surface area contributed by atoms with Crippen LogP contribution in [-0.4, -0.2) is 20.6 Å². The van der Waals surface area contributed by atoms with Crippen molar-refractivity contribution in [3.8, 4) is 0 Å². The molecule has 0 atom stereocenters. The fourth-order valence-corrected chi connectivity index (χ4v) is 3.58. The second-order valence-corrected chi connectivity index (χ2v) is 7.77. The number of aromatic carboxylic acids is 1. The fourth-order valence-electron chi connectivity index (χ4n) is 3.58. The van der Waals surface area contributed by atoms with Crippen LogP contribution in [0.3, 0.4) is 0 Å². The lowest BCUT2D eigenvalue weighted by atomic mass is 10.0. The molecule has 0 radical (unpaired) electrons. The Hall–Kier alpha value is -2.62. The van der Waals surface area contributed by atoms with E-state index in [2.05, 4.69) is 53.9 Å². The standard InChI is InChI=1S/C22H24N2O2/c1-14(2)13-24-8-7-17-9-15(3-6-21(17)24)10-20-19(22(25)26)11-18(12-23-20)16-4-5-16/h3,6-9,11-12,14,16H,4-5,10,13H2,1-2H3,(H,25,26). The highest BCUT2D eigenvalue weighted by Crippen LogP contribution is 2.40. The average Bonchev–Trinajstić information content (AvgIpc) is 3.38. The Balaban J connectivity index is 1.63. The first-order chi connectivity index (χ1) is 12.5. The van der Waals surface area contributed by atoms with Gasteiger partial charge in [0.2, 0.25) is 0 Å². The minimum absolute atomic E-state index is 0.340. The molecule has 1 aliphatic rings. The van der Waals surface area contributed by atoms with Gasteiger partial charge in [-0.05, 0) is 65.5 Å². The van der Waals surface area contributed by atoms with Gasteiger partial charge in [0.1, 0.15) is 0 Å². The molecule has 0 spiro atoms. The van der Waals surface area contributed by atoms with Crippen LogP contribution < -0.4 is 0 Å². The third-order valence-electron chi connectivity index (χ3n) is 5.04. The highest BCUT2D eigenvalue weighted by Gasteiger charge is 2.25. The van der Waals surface area contributed by atoms with Crippen LogP contribution in [-0.2, 0) is 13.0 Å². The maximum Gasteiger partial charge on any atom is 0.337 e. The van der Waals surface area contributed by atoms with Gasteiger partial charge in [-0.15, -0.1) is 0 Å². The number of fused-ring (bicyclic) bond motifs is 1. The molecule has 2 aromatic heterocycles. The summed E-state index contributed by atoms with van der Waals surface area (Å²) in [5.74, 6) is 0.212. The first-order valence-corrected chi connectivity index (χ1v) is 9.31. The highest BCUT2D eigenvalue weighted by atomic mass is 16.4. The number of hydrogen-bond donors (Lipinski definition) is 1. The lowest BCUT2D eigenvalue weighted by Crippen LogP contribution is -2.07. The van der Waals surface area contributed by atoms with Crippen LogP contribution in [0.2, 0.25) is 0 Å². The van der Waals surface area contributed by atoms with E-state index in [9.17, 15) is 9.90 Å². The van der Waals surface area contributed by atoms with Gasteiger partial charge >= 0.3 is 5.97 Å². The van der Waals surface area contributed by atoms with Crippen molar-refractivity contribution in [2.75, 3.05) is 0 Å². The van der Waals surface area contributed by atoms with E-state index in [1.165, 1.54) is 10.9 Å². The van der Waals surface area contributed by atoms with E-state index in [0.29, 0.717) is 29.5 Å². The highest BCUT2D eigenvalue weighted by molar-refractivity contribution is 5.89. The van der Waals surface area contributed by atoms with Crippen molar-refractivity contribution in [3.63, 3.8) is 0 Å². The van der Waals surface area contributed by atoms with E-state index in [1.54, 1.807) is 0 Å². The average molecular weight is 348 g/mol. The monoisotopic (exact) mass is 348 g/mol. The Labute approximate surface area is 153 Å². The number of carbonyl (C=O) groups is 1. The third-order valence-corrected chi connectivity index (χ3v) is 5.04. The van der Waals surface area contributed by atoms with Gasteiger partial charge in [-0.3, -0.25) is 4.98 Å². The molecular weight excluding hydrogens is 324 g/mol. The second-order valence-electron chi connectivity index (χ2n) is 7.77. The summed E-state index contributed by atoms with van der Waals surface area (Å²) in [6.07, 6.45) is 6.81. The summed E-state index contributed by atoms with van der Waals surface area (Å²) in [5, 5.41) is 10.8. The molecule has 1 aliphatic carbocycles. The quantitative estimate of drug-likeness (QED) is 0.692. The Kier molecular flexibility index (Phi) is 4.27. The lowest BCUT2D eigenvalue weighted by molar-refractivity contribution is 0.0695. The SMILES string of the molecule is CC(C)Cn1ccc2cc(Cc3ncc(C4CC4)cc3C(=O)O)ccc21. The molecule has 1 aromatic carbocycles. The fraction of sp³-hybridized carbons (Fsp3) is 0.364. The van der Waals surface area contributed by atoms with Crippen molar-refractivity contribution in [2.45, 2.75) is 45.6 Å². The van der Waals surface area contributed by atoms with Crippen molar-refractivity contribution in [2.24, 2.45) is 5.92 Å². The molecule has 26 heavy (non-hydrogen) atoms. The van der Waals surface area contributed by atoms with E-state index in [1.807, 2.05) is 12.3 Å². The van der Waals surface area contributed by atoms with E-state index in [4.69, 9.17) is 0 Å². The Bertz CT molecular complexity index is 967. The predicted octanol–water partition coefficient (Wildman–Crippen LogP) is 4.86. The molecule has 0 amide bonds. The number of rotatable bonds is 6. The molecule has 0 saturated heterocycles. The third kappa shape index (κ3) is 3.36. The van der Waals surface area contributed by atoms with Gasteiger partial charge in [-0.1, -0.05) is 19.9 Å². The van der Waals surface area contributed by atoms with Crippen LogP contribution in [0.5, 0.6) is 0 Å². The van der Waals surface area contributed by atoms with Crippen molar-refractivity contribution in [3.05, 3.63) is 65.1 Å². The number of nitrogens with zero attached hydrogens (tertiary/aromatic N) is 2. The normalized spacial score (nSPS) is 14.3. The minimum atomic E-state index is -0.890. The molecule has 4 rings (SSSR count). The van der Waals surface area contributed by atoms with E-state index in [0.717, 1.165) is 30.5 Å². The van der Waals surface area contributed by atoms with Gasteiger partial charge in [0.25, 0.3) is 0 Å². The lowest BCUT2D eigenvalue weighted by Gasteiger charge is -2.10. The Morgan fingerprint density at radius 3 is 2.77 bits per heavy atom. The van der Waals surface area contributed by atoms with Gasteiger partial charge in [-0.2, -0.15) is 0 Å². The molecule has 3 aromatic rings. The van der Waals surface area contributed by atoms with Crippen LogP contribution in [0.15, 0.2) is 42.7 Å². The van der Waals surface area contributed by atoms with E-state index in [-0.39, 0.29) is 0 Å². The summed E-state index contributed by atoms with van der Waals surface area (Å²) >= 11 is 0. The molecule has 1 saturated carbocycles. The second kappa shape index (κ2) is 6.60. The number of aromatic nitrogens is 2. The van der Waals surface area contributed by atoms with Crippen LogP contribution in [0.1, 0.15) is 59.8 Å². The molecule has 0 aliphatic heterocycles. The van der Waals surface area contributed by atoms with Crippen LogP contribution in [0, 0.1) is 5.92 Å². The maximum absolute atomic E-state index is 11.7. The number of pyridine rings is 1. The summed E-state index contributed by atoms with van der Waals surface area (Å²) in [7, 11) is 0. The predicted molar refractivity (Wildman–Crippen MR) is 103 cm³/mol. The first-order valence-electron chi connectivity index (χ1n) is 9.31. The van der Waals surface area contributed by atoms with Gasteiger partial charge in [0.05, 0.1) is 11.3 Å². The molecular formula is C22H24N2O2. The number of carboxylic acid groups (broad SMARTS) is 1. The van der Waals surface area contributed by atoms with E-state index >= 15 is 0 Å². The molecule has 1 fully saturated rings. The van der Waals surface area contributed by atoms with Crippen molar-refractivity contribution < 1.29 is 9.90 Å². The van der Waals surface area contributed by atoms with Gasteiger partial charge in [0.15, 0.2) is 0 Å². The van der Waals surface area contributed by atoms with Crippen LogP contribution >= 0.6 is 0 Å². The van der Waals surface area contributed by atoms with E-state index < -0.39 is 5.97 Å². The molecule has 4 heteroatoms. The van der Waals surface area contributed by atoms with Crippen LogP contribution in [0.4, 0.5) is 0 Å². The summed E-state index contributed by atoms with van der Waals surface area (Å²) in [5.41, 5.74) is 4.36. The zero-order valence-electron chi connectivity index (χ0n) is 15.3. The smallest absolute Gasteiger partial charge is 0.337 e. The summed E-state index contributed by atoms with van der Waals surface area (Å²) < 4.78 is 2.27. The van der Waals surface area contributed by atoms with Crippen molar-refractivity contribution in [1.29, 1.82) is 0 Å². The van der Waals surface area contributed by atoms with Gasteiger partial charge in [-0.25, -0.2) is 4.79 Å². The summed E-state index contributed by atoms with van der Waals surface area (Å²) in [6, 6.07) is 10.3. The van der Waals surface area contributed by atoms with Gasteiger partial charge in [0, 0.05) is 30.9 Å². The maximum atomic E-state index is 11.7. The summed E-state index contributed by atoms with van der Waals surface area (Å²) in [6.45, 7) is 5.42. The zero-order chi connectivity index (χ0) is 18.3. The van der Waals surface area contributed by atoms with Gasteiger partial charge < -0.3 is 9.67 Å². The first kappa shape index (κ1) is 16.8. The van der Waals surface area contributed by atoms with Crippen molar-refractivity contribution >= 4 is 16.9 Å². The Morgan fingerprint density at radius 2 is 2.08 bits per heavy atom. The largest absolute Gasteiger partial charge is 0.478 e. The number of carboxylic acids is 1. The molecule has 134 valence electrons. The molecule has 2 heterocycles. The number of hydrogen-bond acceptors (Lipinski definition) is 2. The van der Waals surface area contributed by atoms with Crippen LogP contribution in [0.25, 0.3) is 10.9 Å². The molecule has 0 unspecified atom stereocenters. The topological polar surface area (TPSA) is 55.1 Å². The zero-order valence-corrected chi connectivity index (χ0v) is 15.3. The molecule has 0 bridgehead atoms. The number of benzene rings is 1. The Morgan fingerprint density at radius 1 is 1.27 bits per heavy atom. The minimum Gasteiger partial charge on any atom is -0.478 e. The molecule has 1 N–H and O–H groups in total. The molecule has 4 nitrogen and oxygen atoms in total. The van der Waals surface area contributed by atoms with Crippen molar-refractivity contribution in [1.82, 2.24) is 9.55 Å². The summed E-state index contributed by atoms with van der Waals surface area (Å²) in [4.78, 5) is 16.2.